The van der Waals surface area contributed by atoms with Crippen molar-refractivity contribution in [2.45, 2.75) is 25.3 Å². The van der Waals surface area contributed by atoms with Crippen LogP contribution in [0.15, 0.2) is 103 Å². The van der Waals surface area contributed by atoms with Gasteiger partial charge in [-0.3, -0.25) is 19.9 Å². The highest BCUT2D eigenvalue weighted by molar-refractivity contribution is 5.87. The molecule has 1 N–H and O–H groups in total. The second-order valence-electron chi connectivity index (χ2n) is 9.39. The van der Waals surface area contributed by atoms with Gasteiger partial charge in [0, 0.05) is 73.0 Å². The SMILES string of the molecule is O=C(CC(c1cccc([N+](=O)[O-])c1)c1cn(Cc2ccc(F)cc2)c2ccccc12)NCCc1ccccn1. The molecule has 2 heterocycles. The number of pyridine rings is 1. The zero-order chi connectivity index (χ0) is 27.2. The first-order chi connectivity index (χ1) is 19.0. The molecule has 0 radical (unpaired) electrons. The number of hydrogen-bond donors (Lipinski definition) is 1. The molecule has 39 heavy (non-hydrogen) atoms. The van der Waals surface area contributed by atoms with E-state index in [4.69, 9.17) is 0 Å². The summed E-state index contributed by atoms with van der Waals surface area (Å²) in [6, 6.07) is 26.4. The van der Waals surface area contributed by atoms with E-state index in [-0.39, 0.29) is 23.8 Å². The summed E-state index contributed by atoms with van der Waals surface area (Å²) < 4.78 is 15.5. The third-order valence-electron chi connectivity index (χ3n) is 6.76. The van der Waals surface area contributed by atoms with Gasteiger partial charge in [-0.15, -0.1) is 0 Å². The molecular formula is C31H27FN4O3. The summed E-state index contributed by atoms with van der Waals surface area (Å²) in [7, 11) is 0. The van der Waals surface area contributed by atoms with E-state index < -0.39 is 10.8 Å². The van der Waals surface area contributed by atoms with Gasteiger partial charge in [0.25, 0.3) is 5.69 Å². The number of rotatable bonds is 10. The minimum atomic E-state index is -0.425. The Kier molecular flexibility index (Phi) is 7.73. The van der Waals surface area contributed by atoms with Gasteiger partial charge >= 0.3 is 0 Å². The molecule has 2 aromatic heterocycles. The number of non-ortho nitro benzene ring substituents is 1. The summed E-state index contributed by atoms with van der Waals surface area (Å²) in [5.41, 5.74) is 4.34. The molecule has 1 amide bonds. The molecule has 5 rings (SSSR count). The third-order valence-corrected chi connectivity index (χ3v) is 6.76. The fourth-order valence-electron chi connectivity index (χ4n) is 4.87. The Morgan fingerprint density at radius 3 is 2.56 bits per heavy atom. The first-order valence-corrected chi connectivity index (χ1v) is 12.7. The monoisotopic (exact) mass is 522 g/mol. The highest BCUT2D eigenvalue weighted by atomic mass is 19.1. The van der Waals surface area contributed by atoms with Gasteiger partial charge in [0.15, 0.2) is 0 Å². The second-order valence-corrected chi connectivity index (χ2v) is 9.39. The van der Waals surface area contributed by atoms with Crippen LogP contribution in [0.3, 0.4) is 0 Å². The van der Waals surface area contributed by atoms with Crippen molar-refractivity contribution >= 4 is 22.5 Å². The number of para-hydroxylation sites is 1. The molecule has 0 aliphatic rings. The fraction of sp³-hybridized carbons (Fsp3) is 0.161. The number of hydrogen-bond acceptors (Lipinski definition) is 4. The number of aromatic nitrogens is 2. The van der Waals surface area contributed by atoms with Gasteiger partial charge in [-0.05, 0) is 47.0 Å². The average molecular weight is 523 g/mol. The van der Waals surface area contributed by atoms with Crippen molar-refractivity contribution in [1.29, 1.82) is 0 Å². The molecule has 196 valence electrons. The lowest BCUT2D eigenvalue weighted by Crippen LogP contribution is -2.27. The molecule has 0 aliphatic heterocycles. The maximum absolute atomic E-state index is 13.5. The van der Waals surface area contributed by atoms with Crippen LogP contribution in [-0.4, -0.2) is 26.9 Å². The molecule has 0 saturated heterocycles. The van der Waals surface area contributed by atoms with Crippen molar-refractivity contribution in [1.82, 2.24) is 14.9 Å². The summed E-state index contributed by atoms with van der Waals surface area (Å²) in [4.78, 5) is 28.6. The second kappa shape index (κ2) is 11.7. The Bertz CT molecular complexity index is 1600. The lowest BCUT2D eigenvalue weighted by molar-refractivity contribution is -0.384. The van der Waals surface area contributed by atoms with Gasteiger partial charge in [-0.2, -0.15) is 0 Å². The minimum Gasteiger partial charge on any atom is -0.356 e. The Morgan fingerprint density at radius 1 is 1.00 bits per heavy atom. The van der Waals surface area contributed by atoms with E-state index in [1.54, 1.807) is 24.4 Å². The number of nitrogens with one attached hydrogen (secondary N) is 1. The van der Waals surface area contributed by atoms with Crippen molar-refractivity contribution < 1.29 is 14.1 Å². The number of fused-ring (bicyclic) bond motifs is 1. The molecule has 7 nitrogen and oxygen atoms in total. The number of halogens is 1. The number of carbonyl (C=O) groups is 1. The van der Waals surface area contributed by atoms with Gasteiger partial charge in [0.1, 0.15) is 5.82 Å². The Balaban J connectivity index is 1.48. The number of nitro groups is 1. The number of amides is 1. The van der Waals surface area contributed by atoms with Crippen LogP contribution in [-0.2, 0) is 17.8 Å². The maximum Gasteiger partial charge on any atom is 0.269 e. The number of benzene rings is 3. The number of nitro benzene ring substituents is 1. The summed E-state index contributed by atoms with van der Waals surface area (Å²) in [6.45, 7) is 0.947. The molecule has 1 unspecified atom stereocenters. The standard InChI is InChI=1S/C31H27FN4O3/c32-24-13-11-22(12-14-24)20-35-21-29(27-9-1-2-10-30(27)35)28(23-6-5-8-26(18-23)36(38)39)19-31(37)34-17-15-25-7-3-4-16-33-25/h1-14,16,18,21,28H,15,17,19-20H2,(H,34,37). The highest BCUT2D eigenvalue weighted by Gasteiger charge is 2.24. The van der Waals surface area contributed by atoms with Crippen molar-refractivity contribution in [2.75, 3.05) is 6.54 Å². The van der Waals surface area contributed by atoms with Crippen LogP contribution in [0.1, 0.15) is 34.7 Å². The number of carbonyl (C=O) groups excluding carboxylic acids is 1. The van der Waals surface area contributed by atoms with E-state index in [1.807, 2.05) is 54.7 Å². The molecule has 0 bridgehead atoms. The summed E-state index contributed by atoms with van der Waals surface area (Å²) >= 11 is 0. The van der Waals surface area contributed by atoms with Crippen molar-refractivity contribution in [3.8, 4) is 0 Å². The number of nitrogens with zero attached hydrogens (tertiary/aromatic N) is 3. The predicted octanol–water partition coefficient (Wildman–Crippen LogP) is 6.01. The molecule has 3 aromatic carbocycles. The average Bonchev–Trinajstić information content (AvgIpc) is 3.31. The van der Waals surface area contributed by atoms with Crippen LogP contribution in [0.2, 0.25) is 0 Å². The predicted molar refractivity (Wildman–Crippen MR) is 148 cm³/mol. The zero-order valence-electron chi connectivity index (χ0n) is 21.2. The van der Waals surface area contributed by atoms with Crippen LogP contribution in [0.5, 0.6) is 0 Å². The normalized spacial score (nSPS) is 11.8. The Morgan fingerprint density at radius 2 is 1.79 bits per heavy atom. The van der Waals surface area contributed by atoms with Crippen LogP contribution in [0.25, 0.3) is 10.9 Å². The molecule has 0 spiro atoms. The lowest BCUT2D eigenvalue weighted by Gasteiger charge is -2.17. The molecule has 0 saturated carbocycles. The van der Waals surface area contributed by atoms with E-state index in [9.17, 15) is 19.3 Å². The van der Waals surface area contributed by atoms with Gasteiger partial charge in [0.05, 0.1) is 4.92 Å². The largest absolute Gasteiger partial charge is 0.356 e. The van der Waals surface area contributed by atoms with E-state index in [0.29, 0.717) is 25.1 Å². The maximum atomic E-state index is 13.5. The van der Waals surface area contributed by atoms with Crippen LogP contribution in [0.4, 0.5) is 10.1 Å². The summed E-state index contributed by atoms with van der Waals surface area (Å²) in [5, 5.41) is 15.5. The van der Waals surface area contributed by atoms with Gasteiger partial charge < -0.3 is 9.88 Å². The smallest absolute Gasteiger partial charge is 0.269 e. The molecule has 0 aliphatic carbocycles. The quantitative estimate of drug-likeness (QED) is 0.180. The minimum absolute atomic E-state index is 0.0249. The van der Waals surface area contributed by atoms with Gasteiger partial charge in [0.2, 0.25) is 5.91 Å². The van der Waals surface area contributed by atoms with E-state index in [2.05, 4.69) is 14.9 Å². The third kappa shape index (κ3) is 6.18. The van der Waals surface area contributed by atoms with Crippen molar-refractivity contribution in [3.05, 3.63) is 142 Å². The molecule has 5 aromatic rings. The van der Waals surface area contributed by atoms with Gasteiger partial charge in [-0.25, -0.2) is 4.39 Å². The van der Waals surface area contributed by atoms with Crippen molar-refractivity contribution in [2.24, 2.45) is 0 Å². The van der Waals surface area contributed by atoms with Crippen LogP contribution in [0, 0.1) is 15.9 Å². The molecular weight excluding hydrogens is 495 g/mol. The lowest BCUT2D eigenvalue weighted by atomic mass is 9.87. The first kappa shape index (κ1) is 25.8. The van der Waals surface area contributed by atoms with E-state index in [0.717, 1.165) is 27.7 Å². The topological polar surface area (TPSA) is 90.1 Å². The van der Waals surface area contributed by atoms with E-state index >= 15 is 0 Å². The van der Waals surface area contributed by atoms with Crippen LogP contribution < -0.4 is 5.32 Å². The molecule has 0 fully saturated rings. The van der Waals surface area contributed by atoms with Gasteiger partial charge in [-0.1, -0.05) is 48.5 Å². The molecule has 8 heteroatoms. The fourth-order valence-corrected chi connectivity index (χ4v) is 4.87. The van der Waals surface area contributed by atoms with Crippen LogP contribution >= 0.6 is 0 Å². The highest BCUT2D eigenvalue weighted by Crippen LogP contribution is 2.36. The first-order valence-electron chi connectivity index (χ1n) is 12.7. The van der Waals surface area contributed by atoms with E-state index in [1.165, 1.54) is 24.3 Å². The zero-order valence-corrected chi connectivity index (χ0v) is 21.2. The van der Waals surface area contributed by atoms with Crippen molar-refractivity contribution in [3.63, 3.8) is 0 Å². The summed E-state index contributed by atoms with van der Waals surface area (Å²) in [6.07, 6.45) is 4.44. The molecule has 1 atom stereocenters. The Hall–Kier alpha value is -4.85. The summed E-state index contributed by atoms with van der Waals surface area (Å²) in [5.74, 6) is -0.867. The Labute approximate surface area is 225 Å².